The minimum atomic E-state index is -0.217. The molecular formula is C27H26N4O3S2. The Hall–Kier alpha value is -3.43. The maximum absolute atomic E-state index is 13.2. The molecule has 0 saturated carbocycles. The Morgan fingerprint density at radius 2 is 1.81 bits per heavy atom. The van der Waals surface area contributed by atoms with E-state index in [4.69, 9.17) is 4.42 Å². The highest BCUT2D eigenvalue weighted by Crippen LogP contribution is 2.38. The highest BCUT2D eigenvalue weighted by atomic mass is 32.2. The van der Waals surface area contributed by atoms with E-state index < -0.39 is 0 Å². The molecule has 36 heavy (non-hydrogen) atoms. The molecule has 0 bridgehead atoms. The maximum atomic E-state index is 13.2. The van der Waals surface area contributed by atoms with Crippen molar-refractivity contribution in [3.05, 3.63) is 81.7 Å². The molecule has 2 amide bonds. The van der Waals surface area contributed by atoms with E-state index in [2.05, 4.69) is 20.8 Å². The smallest absolute Gasteiger partial charge is 0.277 e. The molecule has 0 aliphatic heterocycles. The summed E-state index contributed by atoms with van der Waals surface area (Å²) in [4.78, 5) is 27.2. The average molecular weight is 519 g/mol. The molecule has 2 N–H and O–H groups in total. The number of aryl methyl sites for hydroxylation is 2. The summed E-state index contributed by atoms with van der Waals surface area (Å²) in [6.07, 6.45) is 3.94. The average Bonchev–Trinajstić information content (AvgIpc) is 3.52. The molecule has 9 heteroatoms. The van der Waals surface area contributed by atoms with Crippen LogP contribution in [0.25, 0.3) is 11.5 Å². The second-order valence-corrected chi connectivity index (χ2v) is 10.7. The molecule has 184 valence electrons. The molecule has 0 atom stereocenters. The number of carbonyl (C=O) groups is 2. The van der Waals surface area contributed by atoms with Crippen LogP contribution in [-0.4, -0.2) is 27.8 Å². The molecule has 2 aromatic carbocycles. The highest BCUT2D eigenvalue weighted by Gasteiger charge is 2.26. The van der Waals surface area contributed by atoms with Crippen LogP contribution in [0.3, 0.4) is 0 Å². The Morgan fingerprint density at radius 1 is 1.03 bits per heavy atom. The normalized spacial score (nSPS) is 12.7. The van der Waals surface area contributed by atoms with Crippen LogP contribution >= 0.6 is 23.1 Å². The monoisotopic (exact) mass is 518 g/mol. The summed E-state index contributed by atoms with van der Waals surface area (Å²) in [7, 11) is 0. The molecule has 2 heterocycles. The first-order chi connectivity index (χ1) is 17.6. The predicted octanol–water partition coefficient (Wildman–Crippen LogP) is 5.65. The Balaban J connectivity index is 1.24. The van der Waals surface area contributed by atoms with Gasteiger partial charge in [0.15, 0.2) is 0 Å². The van der Waals surface area contributed by atoms with Crippen LogP contribution in [0.5, 0.6) is 0 Å². The van der Waals surface area contributed by atoms with Crippen LogP contribution in [0.2, 0.25) is 0 Å². The van der Waals surface area contributed by atoms with Gasteiger partial charge in [-0.2, -0.15) is 0 Å². The third kappa shape index (κ3) is 5.68. The summed E-state index contributed by atoms with van der Waals surface area (Å²) in [6, 6.07) is 17.6. The second kappa shape index (κ2) is 11.1. The van der Waals surface area contributed by atoms with Crippen molar-refractivity contribution in [2.24, 2.45) is 0 Å². The SMILES string of the molecule is Cc1ccc(-c2nnc(SCC(=O)Nc3sc4c(c3C(=O)NCc3ccccc3)CCCC4)o2)cc1. The number of hydrogen-bond acceptors (Lipinski definition) is 7. The molecule has 2 aromatic heterocycles. The molecule has 1 aliphatic carbocycles. The zero-order valence-corrected chi connectivity index (χ0v) is 21.5. The van der Waals surface area contributed by atoms with E-state index in [0.717, 1.165) is 47.9 Å². The van der Waals surface area contributed by atoms with Crippen LogP contribution in [0, 0.1) is 6.92 Å². The van der Waals surface area contributed by atoms with Gasteiger partial charge in [-0.3, -0.25) is 9.59 Å². The number of amides is 2. The predicted molar refractivity (Wildman–Crippen MR) is 142 cm³/mol. The van der Waals surface area contributed by atoms with Gasteiger partial charge in [0.1, 0.15) is 5.00 Å². The quantitative estimate of drug-likeness (QED) is 0.293. The number of thiophene rings is 1. The highest BCUT2D eigenvalue weighted by molar-refractivity contribution is 7.99. The third-order valence-electron chi connectivity index (χ3n) is 5.98. The lowest BCUT2D eigenvalue weighted by Gasteiger charge is -2.13. The van der Waals surface area contributed by atoms with E-state index in [1.165, 1.54) is 28.0 Å². The molecule has 1 aliphatic rings. The second-order valence-electron chi connectivity index (χ2n) is 8.66. The van der Waals surface area contributed by atoms with Gasteiger partial charge in [-0.25, -0.2) is 0 Å². The fourth-order valence-corrected chi connectivity index (χ4v) is 6.00. The fraction of sp³-hybridized carbons (Fsp3) is 0.259. The summed E-state index contributed by atoms with van der Waals surface area (Å²) in [5.74, 6) is 0.149. The van der Waals surface area contributed by atoms with Gasteiger partial charge in [0.25, 0.3) is 11.1 Å². The van der Waals surface area contributed by atoms with E-state index in [-0.39, 0.29) is 17.6 Å². The van der Waals surface area contributed by atoms with E-state index in [1.807, 2.05) is 61.5 Å². The topological polar surface area (TPSA) is 97.1 Å². The molecule has 5 rings (SSSR count). The van der Waals surface area contributed by atoms with Crippen molar-refractivity contribution in [3.63, 3.8) is 0 Å². The van der Waals surface area contributed by atoms with Crippen molar-refractivity contribution in [1.29, 1.82) is 0 Å². The molecule has 0 fully saturated rings. The number of hydrogen-bond donors (Lipinski definition) is 2. The first-order valence-electron chi connectivity index (χ1n) is 11.9. The van der Waals surface area contributed by atoms with Gasteiger partial charge in [-0.15, -0.1) is 21.5 Å². The number of aromatic nitrogens is 2. The first-order valence-corrected chi connectivity index (χ1v) is 13.7. The van der Waals surface area contributed by atoms with Crippen molar-refractivity contribution in [2.45, 2.75) is 44.4 Å². The number of benzene rings is 2. The lowest BCUT2D eigenvalue weighted by atomic mass is 9.95. The summed E-state index contributed by atoms with van der Waals surface area (Å²) in [6.45, 7) is 2.45. The van der Waals surface area contributed by atoms with Crippen LogP contribution in [0.15, 0.2) is 64.2 Å². The van der Waals surface area contributed by atoms with Gasteiger partial charge in [0.2, 0.25) is 11.8 Å². The van der Waals surface area contributed by atoms with Crippen molar-refractivity contribution in [1.82, 2.24) is 15.5 Å². The van der Waals surface area contributed by atoms with E-state index in [1.54, 1.807) is 0 Å². The number of nitrogens with zero attached hydrogens (tertiary/aromatic N) is 2. The minimum Gasteiger partial charge on any atom is -0.411 e. The van der Waals surface area contributed by atoms with Gasteiger partial charge in [-0.05, 0) is 55.9 Å². The fourth-order valence-electron chi connectivity index (χ4n) is 4.13. The van der Waals surface area contributed by atoms with Crippen LogP contribution in [-0.2, 0) is 24.2 Å². The van der Waals surface area contributed by atoms with Gasteiger partial charge in [0.05, 0.1) is 11.3 Å². The zero-order chi connectivity index (χ0) is 24.9. The van der Waals surface area contributed by atoms with Gasteiger partial charge in [-0.1, -0.05) is 59.8 Å². The number of rotatable bonds is 8. The molecule has 0 saturated heterocycles. The lowest BCUT2D eigenvalue weighted by Crippen LogP contribution is -2.25. The van der Waals surface area contributed by atoms with Crippen LogP contribution in [0.4, 0.5) is 5.00 Å². The number of thioether (sulfide) groups is 1. The standard InChI is InChI=1S/C27H26N4O3S2/c1-17-11-13-19(14-12-17)25-30-31-27(34-25)35-16-22(32)29-26-23(20-9-5-6-10-21(20)36-26)24(33)28-15-18-7-3-2-4-8-18/h2-4,7-8,11-14H,5-6,9-10,15-16H2,1H3,(H,28,33)(H,29,32). The minimum absolute atomic E-state index is 0.100. The molecule has 0 unspecified atom stereocenters. The largest absolute Gasteiger partial charge is 0.411 e. The summed E-state index contributed by atoms with van der Waals surface area (Å²) in [5.41, 5.74) is 4.68. The summed E-state index contributed by atoms with van der Waals surface area (Å²) >= 11 is 2.69. The Morgan fingerprint density at radius 3 is 2.61 bits per heavy atom. The Kier molecular flexibility index (Phi) is 7.48. The van der Waals surface area contributed by atoms with E-state index in [9.17, 15) is 9.59 Å². The molecule has 0 spiro atoms. The van der Waals surface area contributed by atoms with Gasteiger partial charge >= 0.3 is 0 Å². The number of anilines is 1. The van der Waals surface area contributed by atoms with Gasteiger partial charge < -0.3 is 15.1 Å². The van der Waals surface area contributed by atoms with Crippen molar-refractivity contribution in [3.8, 4) is 11.5 Å². The molecule has 0 radical (unpaired) electrons. The Bertz CT molecular complexity index is 1360. The van der Waals surface area contributed by atoms with Crippen LogP contribution < -0.4 is 10.6 Å². The number of fused-ring (bicyclic) bond motifs is 1. The lowest BCUT2D eigenvalue weighted by molar-refractivity contribution is -0.113. The van der Waals surface area contributed by atoms with Crippen molar-refractivity contribution in [2.75, 3.05) is 11.1 Å². The number of nitrogens with one attached hydrogen (secondary N) is 2. The maximum Gasteiger partial charge on any atom is 0.277 e. The first kappa shape index (κ1) is 24.3. The van der Waals surface area contributed by atoms with Crippen molar-refractivity contribution >= 4 is 39.9 Å². The summed E-state index contributed by atoms with van der Waals surface area (Å²) in [5, 5.41) is 15.1. The van der Waals surface area contributed by atoms with Gasteiger partial charge in [0, 0.05) is 17.0 Å². The summed E-state index contributed by atoms with van der Waals surface area (Å²) < 4.78 is 5.71. The van der Waals surface area contributed by atoms with Crippen molar-refractivity contribution < 1.29 is 14.0 Å². The molecular weight excluding hydrogens is 492 g/mol. The van der Waals surface area contributed by atoms with E-state index >= 15 is 0 Å². The molecule has 4 aromatic rings. The third-order valence-corrected chi connectivity index (χ3v) is 8.00. The number of carbonyl (C=O) groups excluding carboxylic acids is 2. The zero-order valence-electron chi connectivity index (χ0n) is 19.9. The van der Waals surface area contributed by atoms with E-state index in [0.29, 0.717) is 28.2 Å². The van der Waals surface area contributed by atoms with Crippen LogP contribution in [0.1, 0.15) is 44.8 Å². The molecule has 7 nitrogen and oxygen atoms in total. The Labute approximate surface area is 217 Å².